The van der Waals surface area contributed by atoms with E-state index in [1.54, 1.807) is 6.07 Å². The molecule has 1 aliphatic rings. The second kappa shape index (κ2) is 6.77. The average molecular weight is 344 g/mol. The third-order valence-corrected chi connectivity index (χ3v) is 4.66. The molecule has 0 radical (unpaired) electrons. The number of rotatable bonds is 3. The highest BCUT2D eigenvalue weighted by Gasteiger charge is 2.32. The lowest BCUT2D eigenvalue weighted by Crippen LogP contribution is -2.33. The molecular formula is C21H25FO3. The van der Waals surface area contributed by atoms with Gasteiger partial charge in [0.15, 0.2) is 0 Å². The standard InChI is InChI=1S/C21H25FO3/c1-20(2,3)15-5-4-6-18(12-15)25-19-13-16(11-17(22)14-19)21(23)7-9-24-10-8-21/h4-6,11-14,23H,7-10H2,1-3H3. The van der Waals surface area contributed by atoms with E-state index in [2.05, 4.69) is 26.8 Å². The summed E-state index contributed by atoms with van der Waals surface area (Å²) in [5, 5.41) is 10.8. The number of benzene rings is 2. The van der Waals surface area contributed by atoms with Crippen molar-refractivity contribution in [1.82, 2.24) is 0 Å². The van der Waals surface area contributed by atoms with Gasteiger partial charge in [0.05, 0.1) is 5.60 Å². The van der Waals surface area contributed by atoms with Crippen molar-refractivity contribution < 1.29 is 19.0 Å². The monoisotopic (exact) mass is 344 g/mol. The maximum absolute atomic E-state index is 14.1. The number of halogens is 1. The van der Waals surface area contributed by atoms with Crippen LogP contribution < -0.4 is 4.74 Å². The highest BCUT2D eigenvalue weighted by Crippen LogP contribution is 2.36. The zero-order chi connectivity index (χ0) is 18.1. The summed E-state index contributed by atoms with van der Waals surface area (Å²) >= 11 is 0. The third kappa shape index (κ3) is 4.20. The highest BCUT2D eigenvalue weighted by atomic mass is 19.1. The van der Waals surface area contributed by atoms with Gasteiger partial charge in [-0.1, -0.05) is 32.9 Å². The molecule has 0 atom stereocenters. The molecule has 1 aliphatic heterocycles. The van der Waals surface area contributed by atoms with Crippen molar-refractivity contribution >= 4 is 0 Å². The minimum absolute atomic E-state index is 0.00369. The number of hydrogen-bond acceptors (Lipinski definition) is 3. The molecule has 0 aromatic heterocycles. The van der Waals surface area contributed by atoms with Gasteiger partial charge < -0.3 is 14.6 Å². The normalized spacial score (nSPS) is 17.3. The Labute approximate surface area is 148 Å². The molecular weight excluding hydrogens is 319 g/mol. The van der Waals surface area contributed by atoms with Crippen molar-refractivity contribution in [2.24, 2.45) is 0 Å². The molecule has 0 amide bonds. The number of ether oxygens (including phenoxy) is 2. The molecule has 4 heteroatoms. The molecule has 1 saturated heterocycles. The predicted octanol–water partition coefficient (Wildman–Crippen LogP) is 4.91. The fraction of sp³-hybridized carbons (Fsp3) is 0.429. The minimum Gasteiger partial charge on any atom is -0.457 e. The largest absolute Gasteiger partial charge is 0.457 e. The second-order valence-electron chi connectivity index (χ2n) is 7.70. The van der Waals surface area contributed by atoms with Crippen LogP contribution in [0, 0.1) is 5.82 Å². The molecule has 3 rings (SSSR count). The Morgan fingerprint density at radius 2 is 1.76 bits per heavy atom. The van der Waals surface area contributed by atoms with E-state index in [4.69, 9.17) is 9.47 Å². The summed E-state index contributed by atoms with van der Waals surface area (Å²) in [5.74, 6) is 0.628. The van der Waals surface area contributed by atoms with E-state index in [0.717, 1.165) is 5.56 Å². The van der Waals surface area contributed by atoms with Gasteiger partial charge in [0.2, 0.25) is 0 Å². The van der Waals surface area contributed by atoms with E-state index < -0.39 is 11.4 Å². The van der Waals surface area contributed by atoms with Crippen molar-refractivity contribution in [2.75, 3.05) is 13.2 Å². The molecule has 0 aliphatic carbocycles. The van der Waals surface area contributed by atoms with Gasteiger partial charge in [-0.25, -0.2) is 4.39 Å². The molecule has 0 bridgehead atoms. The summed E-state index contributed by atoms with van der Waals surface area (Å²) in [6.07, 6.45) is 0.908. The van der Waals surface area contributed by atoms with Gasteiger partial charge >= 0.3 is 0 Å². The summed E-state index contributed by atoms with van der Waals surface area (Å²) in [7, 11) is 0. The van der Waals surface area contributed by atoms with Gasteiger partial charge in [-0.05, 0) is 40.8 Å². The molecule has 0 spiro atoms. The first-order chi connectivity index (χ1) is 11.8. The van der Waals surface area contributed by atoms with Gasteiger partial charge in [-0.3, -0.25) is 0 Å². The summed E-state index contributed by atoms with van der Waals surface area (Å²) in [5.41, 5.74) is 0.623. The van der Waals surface area contributed by atoms with Crippen molar-refractivity contribution in [2.45, 2.75) is 44.6 Å². The smallest absolute Gasteiger partial charge is 0.130 e. The van der Waals surface area contributed by atoms with Crippen LogP contribution in [0.5, 0.6) is 11.5 Å². The summed E-state index contributed by atoms with van der Waals surface area (Å²) in [6.45, 7) is 7.33. The average Bonchev–Trinajstić information content (AvgIpc) is 2.54. The minimum atomic E-state index is -1.06. The fourth-order valence-electron chi connectivity index (χ4n) is 3.05. The molecule has 1 N–H and O–H groups in total. The van der Waals surface area contributed by atoms with E-state index in [1.165, 1.54) is 12.1 Å². The predicted molar refractivity (Wildman–Crippen MR) is 95.6 cm³/mol. The summed E-state index contributed by atoms with van der Waals surface area (Å²) in [4.78, 5) is 0. The number of aliphatic hydroxyl groups is 1. The topological polar surface area (TPSA) is 38.7 Å². The lowest BCUT2D eigenvalue weighted by molar-refractivity contribution is -0.0681. The Morgan fingerprint density at radius 3 is 2.44 bits per heavy atom. The Bertz CT molecular complexity index is 743. The van der Waals surface area contributed by atoms with Crippen molar-refractivity contribution in [1.29, 1.82) is 0 Å². The van der Waals surface area contributed by atoms with Crippen molar-refractivity contribution in [3.63, 3.8) is 0 Å². The van der Waals surface area contributed by atoms with Gasteiger partial charge in [-0.2, -0.15) is 0 Å². The molecule has 25 heavy (non-hydrogen) atoms. The van der Waals surface area contributed by atoms with Crippen LogP contribution in [0.3, 0.4) is 0 Å². The third-order valence-electron chi connectivity index (χ3n) is 4.66. The van der Waals surface area contributed by atoms with Crippen molar-refractivity contribution in [3.8, 4) is 11.5 Å². The SMILES string of the molecule is CC(C)(C)c1cccc(Oc2cc(F)cc(C3(O)CCOCC3)c2)c1. The van der Waals surface area contributed by atoms with Gasteiger partial charge in [0.1, 0.15) is 17.3 Å². The molecule has 0 saturated carbocycles. The highest BCUT2D eigenvalue weighted by molar-refractivity contribution is 5.39. The Hall–Kier alpha value is -1.91. The van der Waals surface area contributed by atoms with Crippen LogP contribution in [-0.2, 0) is 15.8 Å². The van der Waals surface area contributed by atoms with Gasteiger partial charge in [0.25, 0.3) is 0 Å². The first kappa shape index (κ1) is 17.9. The van der Waals surface area contributed by atoms with E-state index >= 15 is 0 Å². The second-order valence-corrected chi connectivity index (χ2v) is 7.70. The van der Waals surface area contributed by atoms with E-state index in [-0.39, 0.29) is 5.41 Å². The van der Waals surface area contributed by atoms with Crippen LogP contribution in [0.25, 0.3) is 0 Å². The molecule has 2 aromatic carbocycles. The van der Waals surface area contributed by atoms with Crippen molar-refractivity contribution in [3.05, 3.63) is 59.4 Å². The Kier molecular flexibility index (Phi) is 4.85. The Morgan fingerprint density at radius 1 is 1.04 bits per heavy atom. The lowest BCUT2D eigenvalue weighted by atomic mass is 9.86. The summed E-state index contributed by atoms with van der Waals surface area (Å²) < 4.78 is 25.3. The molecule has 1 fully saturated rings. The lowest BCUT2D eigenvalue weighted by Gasteiger charge is -2.32. The zero-order valence-electron chi connectivity index (χ0n) is 15.0. The van der Waals surface area contributed by atoms with Crippen LogP contribution >= 0.6 is 0 Å². The molecule has 0 unspecified atom stereocenters. The van der Waals surface area contributed by atoms with Crippen LogP contribution in [-0.4, -0.2) is 18.3 Å². The molecule has 3 nitrogen and oxygen atoms in total. The number of hydrogen-bond donors (Lipinski definition) is 1. The molecule has 134 valence electrons. The van der Waals surface area contributed by atoms with E-state index in [9.17, 15) is 9.50 Å². The van der Waals surface area contributed by atoms with E-state index in [1.807, 2.05) is 18.2 Å². The van der Waals surface area contributed by atoms with Gasteiger partial charge in [-0.15, -0.1) is 0 Å². The Balaban J connectivity index is 1.88. The van der Waals surface area contributed by atoms with Crippen LogP contribution in [0.15, 0.2) is 42.5 Å². The zero-order valence-corrected chi connectivity index (χ0v) is 15.0. The quantitative estimate of drug-likeness (QED) is 0.859. The van der Waals surface area contributed by atoms with Crippen LogP contribution in [0.2, 0.25) is 0 Å². The fourth-order valence-corrected chi connectivity index (χ4v) is 3.05. The van der Waals surface area contributed by atoms with E-state index in [0.29, 0.717) is 43.1 Å². The maximum Gasteiger partial charge on any atom is 0.130 e. The van der Waals surface area contributed by atoms with Crippen LogP contribution in [0.1, 0.15) is 44.7 Å². The maximum atomic E-state index is 14.1. The van der Waals surface area contributed by atoms with Gasteiger partial charge in [0, 0.05) is 32.1 Å². The summed E-state index contributed by atoms with van der Waals surface area (Å²) in [6, 6.07) is 12.2. The first-order valence-corrected chi connectivity index (χ1v) is 8.66. The molecule has 1 heterocycles. The van der Waals surface area contributed by atoms with Crippen LogP contribution in [0.4, 0.5) is 4.39 Å². The molecule has 2 aromatic rings. The first-order valence-electron chi connectivity index (χ1n) is 8.66.